The van der Waals surface area contributed by atoms with Crippen molar-refractivity contribution in [3.8, 4) is 0 Å². The van der Waals surface area contributed by atoms with E-state index in [9.17, 15) is 4.79 Å². The first kappa shape index (κ1) is 16.7. The maximum Gasteiger partial charge on any atom is 0.244 e. The molecule has 1 aliphatic rings. The number of primary amides is 1. The number of allylic oxidation sites excluding steroid dienone is 1. The zero-order chi connectivity index (χ0) is 13.8. The Balaban J connectivity index is 0.00000200. The molecule has 0 aromatic heterocycles. The molecule has 1 aromatic carbocycles. The van der Waals surface area contributed by atoms with E-state index in [1.165, 1.54) is 11.1 Å². The van der Waals surface area contributed by atoms with E-state index in [4.69, 9.17) is 5.73 Å². The summed E-state index contributed by atoms with van der Waals surface area (Å²) in [6.07, 6.45) is 2.60. The largest absolute Gasteiger partial charge is 0.366 e. The van der Waals surface area contributed by atoms with Gasteiger partial charge in [-0.1, -0.05) is 26.0 Å². The van der Waals surface area contributed by atoms with Crippen LogP contribution in [0.1, 0.15) is 43.4 Å². The van der Waals surface area contributed by atoms with Crippen molar-refractivity contribution in [2.24, 2.45) is 5.73 Å². The van der Waals surface area contributed by atoms with E-state index < -0.39 is 0 Å². The fourth-order valence-electron chi connectivity index (χ4n) is 2.80. The molecular formula is C16H23ClN2O. The summed E-state index contributed by atoms with van der Waals surface area (Å²) in [5, 5.41) is 3.38. The van der Waals surface area contributed by atoms with Gasteiger partial charge in [0, 0.05) is 12.1 Å². The molecule has 110 valence electrons. The number of halogens is 1. The summed E-state index contributed by atoms with van der Waals surface area (Å²) in [7, 11) is 0. The molecule has 0 radical (unpaired) electrons. The molecule has 0 aliphatic carbocycles. The maximum atomic E-state index is 11.5. The average Bonchev–Trinajstić information content (AvgIpc) is 2.43. The lowest BCUT2D eigenvalue weighted by molar-refractivity contribution is -0.114. The van der Waals surface area contributed by atoms with E-state index in [1.807, 2.05) is 6.92 Å². The van der Waals surface area contributed by atoms with Crippen molar-refractivity contribution in [2.75, 3.05) is 6.54 Å². The summed E-state index contributed by atoms with van der Waals surface area (Å²) in [4.78, 5) is 11.5. The monoisotopic (exact) mass is 294 g/mol. The van der Waals surface area contributed by atoms with Crippen LogP contribution < -0.4 is 11.1 Å². The molecule has 0 unspecified atom stereocenters. The highest BCUT2D eigenvalue weighted by atomic mass is 35.5. The van der Waals surface area contributed by atoms with Crippen LogP contribution in [0, 0.1) is 0 Å². The first-order valence-electron chi connectivity index (χ1n) is 7.02. The second-order valence-corrected chi connectivity index (χ2v) is 4.94. The number of amides is 1. The van der Waals surface area contributed by atoms with Crippen molar-refractivity contribution < 1.29 is 4.79 Å². The number of hydrogen-bond acceptors (Lipinski definition) is 2. The van der Waals surface area contributed by atoms with Crippen molar-refractivity contribution in [1.82, 2.24) is 5.32 Å². The lowest BCUT2D eigenvalue weighted by Gasteiger charge is -2.19. The van der Waals surface area contributed by atoms with Crippen molar-refractivity contribution in [3.05, 3.63) is 40.5 Å². The van der Waals surface area contributed by atoms with Crippen LogP contribution in [0.5, 0.6) is 0 Å². The van der Waals surface area contributed by atoms with Gasteiger partial charge in [-0.15, -0.1) is 12.4 Å². The SMILES string of the molecule is CCC(C(N)=O)=C(CC)c1ccc2c(c1)CNCC2.Cl. The third-order valence-corrected chi connectivity index (χ3v) is 3.81. The highest BCUT2D eigenvalue weighted by Crippen LogP contribution is 2.27. The molecule has 0 fully saturated rings. The Morgan fingerprint density at radius 2 is 2.00 bits per heavy atom. The smallest absolute Gasteiger partial charge is 0.244 e. The number of benzene rings is 1. The molecule has 1 aromatic rings. The fraction of sp³-hybridized carbons (Fsp3) is 0.438. The summed E-state index contributed by atoms with van der Waals surface area (Å²) in [5.74, 6) is -0.296. The molecule has 2 rings (SSSR count). The number of nitrogens with two attached hydrogens (primary N) is 1. The van der Waals surface area contributed by atoms with Crippen LogP contribution in [0.2, 0.25) is 0 Å². The third kappa shape index (κ3) is 3.41. The second kappa shape index (κ2) is 7.46. The minimum atomic E-state index is -0.296. The number of carbonyl (C=O) groups is 1. The van der Waals surface area contributed by atoms with Gasteiger partial charge in [-0.3, -0.25) is 4.79 Å². The Morgan fingerprint density at radius 1 is 1.25 bits per heavy atom. The van der Waals surface area contributed by atoms with Crippen molar-refractivity contribution in [1.29, 1.82) is 0 Å². The number of nitrogens with one attached hydrogen (secondary N) is 1. The Morgan fingerprint density at radius 3 is 2.60 bits per heavy atom. The first-order valence-corrected chi connectivity index (χ1v) is 7.02. The fourth-order valence-corrected chi connectivity index (χ4v) is 2.80. The first-order chi connectivity index (χ1) is 9.17. The van der Waals surface area contributed by atoms with Gasteiger partial charge >= 0.3 is 0 Å². The predicted molar refractivity (Wildman–Crippen MR) is 85.8 cm³/mol. The van der Waals surface area contributed by atoms with Crippen molar-refractivity contribution in [2.45, 2.75) is 39.7 Å². The summed E-state index contributed by atoms with van der Waals surface area (Å²) in [5.41, 5.74) is 11.2. The Hall–Kier alpha value is -1.32. The Bertz CT molecular complexity index is 523. The Labute approximate surface area is 127 Å². The lowest BCUT2D eigenvalue weighted by atomic mass is 9.91. The van der Waals surface area contributed by atoms with E-state index in [0.717, 1.165) is 42.6 Å². The second-order valence-electron chi connectivity index (χ2n) is 4.94. The average molecular weight is 295 g/mol. The molecular weight excluding hydrogens is 272 g/mol. The molecule has 0 saturated carbocycles. The number of hydrogen-bond donors (Lipinski definition) is 2. The molecule has 4 heteroatoms. The van der Waals surface area contributed by atoms with Gasteiger partial charge in [0.05, 0.1) is 0 Å². The van der Waals surface area contributed by atoms with Gasteiger partial charge in [0.25, 0.3) is 0 Å². The molecule has 3 N–H and O–H groups in total. The minimum absolute atomic E-state index is 0. The molecule has 20 heavy (non-hydrogen) atoms. The minimum Gasteiger partial charge on any atom is -0.366 e. The van der Waals surface area contributed by atoms with E-state index in [0.29, 0.717) is 6.42 Å². The zero-order valence-corrected chi connectivity index (χ0v) is 13.0. The van der Waals surface area contributed by atoms with Crippen LogP contribution in [0.4, 0.5) is 0 Å². The highest BCUT2D eigenvalue weighted by molar-refractivity contribution is 6.00. The normalized spacial score (nSPS) is 14.9. The van der Waals surface area contributed by atoms with Crippen LogP contribution in [-0.4, -0.2) is 12.5 Å². The Kier molecular flexibility index (Phi) is 6.24. The number of rotatable bonds is 4. The standard InChI is InChI=1S/C16H22N2O.ClH/c1-3-14(15(4-2)16(17)19)12-6-5-11-7-8-18-10-13(11)9-12;/h5-6,9,18H,3-4,7-8,10H2,1-2H3,(H2,17,19);1H. The van der Waals surface area contributed by atoms with Gasteiger partial charge in [-0.2, -0.15) is 0 Å². The van der Waals surface area contributed by atoms with Gasteiger partial charge in [-0.05, 0) is 54.1 Å². The molecule has 0 saturated heterocycles. The summed E-state index contributed by atoms with van der Waals surface area (Å²) >= 11 is 0. The molecule has 0 bridgehead atoms. The molecule has 1 aliphatic heterocycles. The van der Waals surface area contributed by atoms with Gasteiger partial charge in [0.1, 0.15) is 0 Å². The molecule has 1 heterocycles. The molecule has 1 amide bonds. The number of fused-ring (bicyclic) bond motifs is 1. The predicted octanol–water partition coefficient (Wildman–Crippen LogP) is 2.81. The summed E-state index contributed by atoms with van der Waals surface area (Å²) < 4.78 is 0. The van der Waals surface area contributed by atoms with Crippen LogP contribution >= 0.6 is 12.4 Å². The molecule has 0 atom stereocenters. The van der Waals surface area contributed by atoms with E-state index >= 15 is 0 Å². The summed E-state index contributed by atoms with van der Waals surface area (Å²) in [6, 6.07) is 6.52. The van der Waals surface area contributed by atoms with Gasteiger partial charge in [-0.25, -0.2) is 0 Å². The van der Waals surface area contributed by atoms with E-state index in [-0.39, 0.29) is 18.3 Å². The zero-order valence-electron chi connectivity index (χ0n) is 12.2. The van der Waals surface area contributed by atoms with Crippen molar-refractivity contribution in [3.63, 3.8) is 0 Å². The molecule has 3 nitrogen and oxygen atoms in total. The van der Waals surface area contributed by atoms with Crippen LogP contribution in [0.15, 0.2) is 23.8 Å². The highest BCUT2D eigenvalue weighted by Gasteiger charge is 2.14. The van der Waals surface area contributed by atoms with Crippen LogP contribution in [-0.2, 0) is 17.8 Å². The lowest BCUT2D eigenvalue weighted by Crippen LogP contribution is -2.23. The third-order valence-electron chi connectivity index (χ3n) is 3.81. The quantitative estimate of drug-likeness (QED) is 0.839. The van der Waals surface area contributed by atoms with E-state index in [2.05, 4.69) is 30.4 Å². The van der Waals surface area contributed by atoms with Gasteiger partial charge in [0.15, 0.2) is 0 Å². The number of carbonyl (C=O) groups excluding carboxylic acids is 1. The van der Waals surface area contributed by atoms with Gasteiger partial charge in [0.2, 0.25) is 5.91 Å². The van der Waals surface area contributed by atoms with Crippen LogP contribution in [0.25, 0.3) is 5.57 Å². The topological polar surface area (TPSA) is 55.1 Å². The summed E-state index contributed by atoms with van der Waals surface area (Å²) in [6.45, 7) is 6.02. The molecule has 0 spiro atoms. The maximum absolute atomic E-state index is 11.5. The van der Waals surface area contributed by atoms with E-state index in [1.54, 1.807) is 0 Å². The van der Waals surface area contributed by atoms with Crippen LogP contribution in [0.3, 0.4) is 0 Å². The van der Waals surface area contributed by atoms with Gasteiger partial charge < -0.3 is 11.1 Å². The van der Waals surface area contributed by atoms with Crippen molar-refractivity contribution >= 4 is 23.9 Å².